The molecule has 0 amide bonds. The Morgan fingerprint density at radius 3 is 2.50 bits per heavy atom. The van der Waals surface area contributed by atoms with E-state index in [1.807, 2.05) is 12.1 Å². The van der Waals surface area contributed by atoms with Gasteiger partial charge in [-0.25, -0.2) is 0 Å². The molecule has 164 valence electrons. The topological polar surface area (TPSA) is 39.7 Å². The first kappa shape index (κ1) is 22.6. The van der Waals surface area contributed by atoms with Crippen molar-refractivity contribution in [3.05, 3.63) is 59.7 Å². The Kier molecular flexibility index (Phi) is 8.17. The van der Waals surface area contributed by atoms with Gasteiger partial charge in [-0.05, 0) is 81.2 Å². The molecule has 2 aromatic rings. The van der Waals surface area contributed by atoms with E-state index in [-0.39, 0.29) is 5.60 Å². The number of methoxy groups -OCH3 is 2. The molecule has 0 unspecified atom stereocenters. The molecule has 1 saturated heterocycles. The Labute approximate surface area is 181 Å². The number of benzene rings is 2. The number of rotatable bonds is 10. The molecule has 4 heteroatoms. The molecule has 0 spiro atoms. The molecule has 0 aromatic heterocycles. The maximum atomic E-state index is 5.98. The second-order valence-electron chi connectivity index (χ2n) is 8.97. The molecule has 1 aliphatic rings. The summed E-state index contributed by atoms with van der Waals surface area (Å²) in [6, 6.07) is 17.0. The highest BCUT2D eigenvalue weighted by molar-refractivity contribution is 5.42. The highest BCUT2D eigenvalue weighted by atomic mass is 16.5. The Morgan fingerprint density at radius 1 is 1.03 bits per heavy atom. The van der Waals surface area contributed by atoms with Crippen LogP contribution in [0, 0.1) is 11.8 Å². The van der Waals surface area contributed by atoms with Gasteiger partial charge in [0.05, 0.1) is 19.8 Å². The van der Waals surface area contributed by atoms with Gasteiger partial charge in [-0.3, -0.25) is 0 Å². The van der Waals surface area contributed by atoms with E-state index in [0.717, 1.165) is 50.5 Å². The van der Waals surface area contributed by atoms with Crippen molar-refractivity contribution in [1.82, 2.24) is 5.32 Å². The summed E-state index contributed by atoms with van der Waals surface area (Å²) < 4.78 is 16.7. The molecular formula is C26H37NO3. The lowest BCUT2D eigenvalue weighted by molar-refractivity contribution is -0.0830. The van der Waals surface area contributed by atoms with Gasteiger partial charge in [0.1, 0.15) is 0 Å². The van der Waals surface area contributed by atoms with Gasteiger partial charge in [-0.2, -0.15) is 0 Å². The van der Waals surface area contributed by atoms with Gasteiger partial charge >= 0.3 is 0 Å². The predicted octanol–water partition coefficient (Wildman–Crippen LogP) is 5.25. The van der Waals surface area contributed by atoms with E-state index in [4.69, 9.17) is 14.2 Å². The molecule has 1 N–H and O–H groups in total. The van der Waals surface area contributed by atoms with Crippen LogP contribution in [0.2, 0.25) is 0 Å². The Hall–Kier alpha value is -2.04. The van der Waals surface area contributed by atoms with Crippen LogP contribution < -0.4 is 14.8 Å². The first-order valence-electron chi connectivity index (χ1n) is 11.1. The van der Waals surface area contributed by atoms with E-state index in [1.165, 1.54) is 17.5 Å². The zero-order chi connectivity index (χ0) is 21.4. The van der Waals surface area contributed by atoms with Crippen molar-refractivity contribution in [3.63, 3.8) is 0 Å². The molecule has 1 fully saturated rings. The fraction of sp³-hybridized carbons (Fsp3) is 0.538. The van der Waals surface area contributed by atoms with E-state index in [0.29, 0.717) is 11.8 Å². The van der Waals surface area contributed by atoms with Gasteiger partial charge in [-0.1, -0.05) is 36.4 Å². The molecule has 0 aliphatic carbocycles. The normalized spacial score (nSPS) is 19.3. The number of nitrogens with one attached hydrogen (secondary N) is 1. The van der Waals surface area contributed by atoms with Gasteiger partial charge in [0.25, 0.3) is 0 Å². The maximum Gasteiger partial charge on any atom is 0.161 e. The molecular weight excluding hydrogens is 374 g/mol. The first-order chi connectivity index (χ1) is 14.5. The maximum absolute atomic E-state index is 5.98. The average molecular weight is 412 g/mol. The third kappa shape index (κ3) is 6.48. The van der Waals surface area contributed by atoms with Crippen molar-refractivity contribution < 1.29 is 14.2 Å². The van der Waals surface area contributed by atoms with E-state index >= 15 is 0 Å². The minimum absolute atomic E-state index is 0.00900. The highest BCUT2D eigenvalue weighted by Crippen LogP contribution is 2.36. The summed E-state index contributed by atoms with van der Waals surface area (Å²) in [4.78, 5) is 0. The average Bonchev–Trinajstić information content (AvgIpc) is 2.75. The Balaban J connectivity index is 1.58. The van der Waals surface area contributed by atoms with Gasteiger partial charge in [0.2, 0.25) is 0 Å². The lowest BCUT2D eigenvalue weighted by Crippen LogP contribution is -2.38. The van der Waals surface area contributed by atoms with Crippen molar-refractivity contribution in [2.24, 2.45) is 11.8 Å². The second kappa shape index (κ2) is 10.8. The van der Waals surface area contributed by atoms with Crippen LogP contribution in [-0.4, -0.2) is 33.0 Å². The van der Waals surface area contributed by atoms with Crippen LogP contribution in [0.3, 0.4) is 0 Å². The molecule has 30 heavy (non-hydrogen) atoms. The third-order valence-corrected chi connectivity index (χ3v) is 6.21. The summed E-state index contributed by atoms with van der Waals surface area (Å²) in [6.07, 6.45) is 4.61. The monoisotopic (exact) mass is 411 g/mol. The van der Waals surface area contributed by atoms with Crippen LogP contribution >= 0.6 is 0 Å². The van der Waals surface area contributed by atoms with Gasteiger partial charge in [0.15, 0.2) is 11.5 Å². The largest absolute Gasteiger partial charge is 0.493 e. The summed E-state index contributed by atoms with van der Waals surface area (Å²) in [5, 5.41) is 3.64. The first-order valence-corrected chi connectivity index (χ1v) is 11.1. The smallest absolute Gasteiger partial charge is 0.161 e. The SMILES string of the molecule is COc1ccc(CNCC[C@@H](Cc2ccccc2)[C@@H]2CCOC(C)(C)C2)cc1OC. The third-order valence-electron chi connectivity index (χ3n) is 6.21. The van der Waals surface area contributed by atoms with E-state index < -0.39 is 0 Å². The fourth-order valence-electron chi connectivity index (χ4n) is 4.61. The zero-order valence-corrected chi connectivity index (χ0v) is 18.9. The molecule has 2 atom stereocenters. The van der Waals surface area contributed by atoms with Crippen molar-refractivity contribution in [2.75, 3.05) is 27.4 Å². The highest BCUT2D eigenvalue weighted by Gasteiger charge is 2.33. The molecule has 1 aliphatic heterocycles. The van der Waals surface area contributed by atoms with E-state index in [1.54, 1.807) is 14.2 Å². The van der Waals surface area contributed by atoms with Crippen LogP contribution in [0.1, 0.15) is 44.2 Å². The van der Waals surface area contributed by atoms with Gasteiger partial charge in [-0.15, -0.1) is 0 Å². The number of hydrogen-bond acceptors (Lipinski definition) is 4. The van der Waals surface area contributed by atoms with Crippen molar-refractivity contribution in [1.29, 1.82) is 0 Å². The van der Waals surface area contributed by atoms with Crippen LogP contribution in [-0.2, 0) is 17.7 Å². The lowest BCUT2D eigenvalue weighted by Gasteiger charge is -2.39. The molecule has 4 nitrogen and oxygen atoms in total. The summed E-state index contributed by atoms with van der Waals surface area (Å²) in [5.41, 5.74) is 2.64. The molecule has 0 radical (unpaired) electrons. The minimum Gasteiger partial charge on any atom is -0.493 e. The molecule has 0 saturated carbocycles. The van der Waals surface area contributed by atoms with Crippen LogP contribution in [0.4, 0.5) is 0 Å². The summed E-state index contributed by atoms with van der Waals surface area (Å²) >= 11 is 0. The van der Waals surface area contributed by atoms with Crippen LogP contribution in [0.5, 0.6) is 11.5 Å². The number of ether oxygens (including phenoxy) is 3. The van der Waals surface area contributed by atoms with Gasteiger partial charge in [0, 0.05) is 13.2 Å². The number of hydrogen-bond donors (Lipinski definition) is 1. The quantitative estimate of drug-likeness (QED) is 0.542. The summed E-state index contributed by atoms with van der Waals surface area (Å²) in [7, 11) is 3.35. The van der Waals surface area contributed by atoms with Crippen molar-refractivity contribution in [3.8, 4) is 11.5 Å². The predicted molar refractivity (Wildman–Crippen MR) is 122 cm³/mol. The summed E-state index contributed by atoms with van der Waals surface area (Å²) in [5.74, 6) is 2.92. The van der Waals surface area contributed by atoms with E-state index in [2.05, 4.69) is 55.6 Å². The fourth-order valence-corrected chi connectivity index (χ4v) is 4.61. The Morgan fingerprint density at radius 2 is 1.80 bits per heavy atom. The Bertz CT molecular complexity index is 775. The molecule has 2 aromatic carbocycles. The van der Waals surface area contributed by atoms with Crippen LogP contribution in [0.25, 0.3) is 0 Å². The van der Waals surface area contributed by atoms with Gasteiger partial charge < -0.3 is 19.5 Å². The zero-order valence-electron chi connectivity index (χ0n) is 18.9. The van der Waals surface area contributed by atoms with Crippen LogP contribution in [0.15, 0.2) is 48.5 Å². The second-order valence-corrected chi connectivity index (χ2v) is 8.97. The minimum atomic E-state index is -0.00900. The van der Waals surface area contributed by atoms with E-state index in [9.17, 15) is 0 Å². The standard InChI is InChI=1S/C26H37NO3/c1-26(2)18-23(13-15-30-26)22(16-20-8-6-5-7-9-20)12-14-27-19-21-10-11-24(28-3)25(17-21)29-4/h5-11,17,22-23,27H,12-16,18-19H2,1-4H3/t22-,23+/m0/s1. The summed E-state index contributed by atoms with van der Waals surface area (Å²) in [6.45, 7) is 7.17. The van der Waals surface area contributed by atoms with Crippen molar-refractivity contribution >= 4 is 0 Å². The molecule has 3 rings (SSSR count). The lowest BCUT2D eigenvalue weighted by atomic mass is 9.75. The molecule has 1 heterocycles. The van der Waals surface area contributed by atoms with Crippen molar-refractivity contribution in [2.45, 2.75) is 51.7 Å². The molecule has 0 bridgehead atoms.